The lowest BCUT2D eigenvalue weighted by atomic mass is 9.93. The molecule has 1 aliphatic rings. The van der Waals surface area contributed by atoms with Crippen LogP contribution >= 0.6 is 27.5 Å². The molecule has 1 aliphatic carbocycles. The maximum absolute atomic E-state index is 5.99. The average Bonchev–Trinajstić information content (AvgIpc) is 2.25. The first-order chi connectivity index (χ1) is 7.08. The Morgan fingerprint density at radius 2 is 2.20 bits per heavy atom. The summed E-state index contributed by atoms with van der Waals surface area (Å²) in [6.45, 7) is 6.28. The fourth-order valence-corrected chi connectivity index (χ4v) is 2.52. The standard InChI is InChI=1S/C13H12BrCl/c1-8-5-9(2)13(14)7-10-6-11(15)3-4-12(8)10/h3-4,6-8H,2,5H2,1H3. The van der Waals surface area contributed by atoms with Crippen molar-refractivity contribution in [1.82, 2.24) is 0 Å². The highest BCUT2D eigenvalue weighted by molar-refractivity contribution is 9.12. The number of benzene rings is 1. The Bertz CT molecular complexity index is 446. The molecule has 2 heteroatoms. The van der Waals surface area contributed by atoms with Gasteiger partial charge >= 0.3 is 0 Å². The first-order valence-electron chi connectivity index (χ1n) is 4.92. The zero-order chi connectivity index (χ0) is 11.0. The Labute approximate surface area is 104 Å². The third-order valence-corrected chi connectivity index (χ3v) is 3.78. The molecule has 0 aliphatic heterocycles. The van der Waals surface area contributed by atoms with Gasteiger partial charge in [-0.1, -0.05) is 47.1 Å². The summed E-state index contributed by atoms with van der Waals surface area (Å²) in [5.74, 6) is 0.496. The molecule has 1 atom stereocenters. The van der Waals surface area contributed by atoms with Gasteiger partial charge in [-0.3, -0.25) is 0 Å². The van der Waals surface area contributed by atoms with Crippen LogP contribution in [-0.4, -0.2) is 0 Å². The van der Waals surface area contributed by atoms with Gasteiger partial charge < -0.3 is 0 Å². The zero-order valence-electron chi connectivity index (χ0n) is 8.56. The van der Waals surface area contributed by atoms with Crippen molar-refractivity contribution in [3.05, 3.63) is 51.0 Å². The van der Waals surface area contributed by atoms with E-state index in [9.17, 15) is 0 Å². The van der Waals surface area contributed by atoms with Crippen molar-refractivity contribution in [1.29, 1.82) is 0 Å². The molecule has 1 aromatic carbocycles. The van der Waals surface area contributed by atoms with Crippen LogP contribution in [0.1, 0.15) is 30.4 Å². The van der Waals surface area contributed by atoms with Crippen LogP contribution in [0.4, 0.5) is 0 Å². The number of hydrogen-bond acceptors (Lipinski definition) is 0. The van der Waals surface area contributed by atoms with E-state index in [1.165, 1.54) is 11.1 Å². The van der Waals surface area contributed by atoms with Crippen LogP contribution in [0.2, 0.25) is 5.02 Å². The van der Waals surface area contributed by atoms with Gasteiger partial charge in [0.1, 0.15) is 0 Å². The largest absolute Gasteiger partial charge is 0.0947 e. The average molecular weight is 284 g/mol. The highest BCUT2D eigenvalue weighted by atomic mass is 79.9. The van der Waals surface area contributed by atoms with E-state index in [2.05, 4.69) is 41.6 Å². The van der Waals surface area contributed by atoms with Gasteiger partial charge in [0.25, 0.3) is 0 Å². The van der Waals surface area contributed by atoms with Crippen LogP contribution in [0.3, 0.4) is 0 Å². The van der Waals surface area contributed by atoms with E-state index in [1.54, 1.807) is 0 Å². The van der Waals surface area contributed by atoms with Gasteiger partial charge in [0, 0.05) is 9.51 Å². The molecule has 0 fully saturated rings. The third-order valence-electron chi connectivity index (χ3n) is 2.75. The maximum Gasteiger partial charge on any atom is 0.0412 e. The van der Waals surface area contributed by atoms with Crippen LogP contribution < -0.4 is 0 Å². The summed E-state index contributed by atoms with van der Waals surface area (Å²) < 4.78 is 1.08. The van der Waals surface area contributed by atoms with Gasteiger partial charge in [-0.2, -0.15) is 0 Å². The molecule has 0 radical (unpaired) electrons. The number of allylic oxidation sites excluding steroid dienone is 2. The van der Waals surface area contributed by atoms with Crippen LogP contribution in [0.15, 0.2) is 34.8 Å². The SMILES string of the molecule is C=C1CC(C)c2ccc(Cl)cc2C=C1Br. The minimum absolute atomic E-state index is 0.496. The van der Waals surface area contributed by atoms with Crippen molar-refractivity contribution in [3.8, 4) is 0 Å². The fraction of sp³-hybridized carbons (Fsp3) is 0.231. The highest BCUT2D eigenvalue weighted by Gasteiger charge is 2.16. The highest BCUT2D eigenvalue weighted by Crippen LogP contribution is 2.37. The van der Waals surface area contributed by atoms with Gasteiger partial charge in [0.2, 0.25) is 0 Å². The molecule has 0 saturated carbocycles. The molecule has 0 saturated heterocycles. The Morgan fingerprint density at radius 3 is 2.93 bits per heavy atom. The molecule has 1 unspecified atom stereocenters. The summed E-state index contributed by atoms with van der Waals surface area (Å²) in [5.41, 5.74) is 3.69. The first kappa shape index (κ1) is 11.0. The molecule has 15 heavy (non-hydrogen) atoms. The predicted molar refractivity (Wildman–Crippen MR) is 70.5 cm³/mol. The Balaban J connectivity index is 2.59. The quantitative estimate of drug-likeness (QED) is 0.618. The van der Waals surface area contributed by atoms with Gasteiger partial charge in [0.05, 0.1) is 0 Å². The van der Waals surface area contributed by atoms with Crippen LogP contribution in [0.25, 0.3) is 6.08 Å². The third kappa shape index (κ3) is 2.19. The first-order valence-corrected chi connectivity index (χ1v) is 6.10. The van der Waals surface area contributed by atoms with Crippen LogP contribution in [0, 0.1) is 0 Å². The Morgan fingerprint density at radius 1 is 1.47 bits per heavy atom. The van der Waals surface area contributed by atoms with E-state index in [4.69, 9.17) is 11.6 Å². The van der Waals surface area contributed by atoms with Gasteiger partial charge in [-0.25, -0.2) is 0 Å². The lowest BCUT2D eigenvalue weighted by molar-refractivity contribution is 0.766. The van der Waals surface area contributed by atoms with Crippen LogP contribution in [-0.2, 0) is 0 Å². The second-order valence-corrected chi connectivity index (χ2v) is 5.27. The van der Waals surface area contributed by atoms with E-state index in [1.807, 2.05) is 12.1 Å². The molecule has 0 heterocycles. The number of rotatable bonds is 0. The van der Waals surface area contributed by atoms with Crippen molar-refractivity contribution in [2.45, 2.75) is 19.3 Å². The molecule has 0 spiro atoms. The number of hydrogen-bond donors (Lipinski definition) is 0. The lowest BCUT2D eigenvalue weighted by Crippen LogP contribution is -1.95. The molecule has 0 amide bonds. The summed E-state index contributed by atoms with van der Waals surface area (Å²) in [5, 5.41) is 0.782. The number of halogens is 2. The van der Waals surface area contributed by atoms with Crippen molar-refractivity contribution in [2.24, 2.45) is 0 Å². The Hall–Kier alpha value is -0.530. The second-order valence-electron chi connectivity index (χ2n) is 3.97. The van der Waals surface area contributed by atoms with Crippen molar-refractivity contribution in [3.63, 3.8) is 0 Å². The van der Waals surface area contributed by atoms with E-state index in [0.717, 1.165) is 21.5 Å². The minimum atomic E-state index is 0.496. The van der Waals surface area contributed by atoms with E-state index in [0.29, 0.717) is 5.92 Å². The molecule has 0 aromatic heterocycles. The topological polar surface area (TPSA) is 0 Å². The summed E-state index contributed by atoms with van der Waals surface area (Å²) >= 11 is 9.54. The normalized spacial score (nSPS) is 20.6. The van der Waals surface area contributed by atoms with Crippen molar-refractivity contribution < 1.29 is 0 Å². The van der Waals surface area contributed by atoms with Gasteiger partial charge in [-0.05, 0) is 47.2 Å². The molecule has 78 valence electrons. The summed E-state index contributed by atoms with van der Waals surface area (Å²) in [6.07, 6.45) is 3.10. The monoisotopic (exact) mass is 282 g/mol. The zero-order valence-corrected chi connectivity index (χ0v) is 10.9. The lowest BCUT2D eigenvalue weighted by Gasteiger charge is -2.12. The Kier molecular flexibility index (Phi) is 3.03. The second kappa shape index (κ2) is 4.15. The van der Waals surface area contributed by atoms with E-state index in [-0.39, 0.29) is 0 Å². The van der Waals surface area contributed by atoms with E-state index >= 15 is 0 Å². The summed E-state index contributed by atoms with van der Waals surface area (Å²) in [4.78, 5) is 0. The van der Waals surface area contributed by atoms with Crippen molar-refractivity contribution >= 4 is 33.6 Å². The van der Waals surface area contributed by atoms with Crippen LogP contribution in [0.5, 0.6) is 0 Å². The number of fused-ring (bicyclic) bond motifs is 1. The maximum atomic E-state index is 5.99. The smallest absolute Gasteiger partial charge is 0.0412 e. The molecule has 2 rings (SSSR count). The minimum Gasteiger partial charge on any atom is -0.0947 e. The predicted octanol–water partition coefficient (Wildman–Crippen LogP) is 5.14. The summed E-state index contributed by atoms with van der Waals surface area (Å²) in [6, 6.07) is 6.07. The fourth-order valence-electron chi connectivity index (χ4n) is 1.94. The molecular formula is C13H12BrCl. The van der Waals surface area contributed by atoms with Gasteiger partial charge in [0.15, 0.2) is 0 Å². The summed E-state index contributed by atoms with van der Waals surface area (Å²) in [7, 11) is 0. The molecule has 0 nitrogen and oxygen atoms in total. The molecule has 1 aromatic rings. The molecule has 0 N–H and O–H groups in total. The van der Waals surface area contributed by atoms with E-state index < -0.39 is 0 Å². The molecular weight excluding hydrogens is 271 g/mol. The van der Waals surface area contributed by atoms with Gasteiger partial charge in [-0.15, -0.1) is 0 Å². The molecule has 0 bridgehead atoms. The van der Waals surface area contributed by atoms with Crippen molar-refractivity contribution in [2.75, 3.05) is 0 Å².